The summed E-state index contributed by atoms with van der Waals surface area (Å²) in [5.74, 6) is -0.186. The second kappa shape index (κ2) is 5.92. The number of fused-ring (bicyclic) bond motifs is 1. The largest absolute Gasteiger partial charge is 0.326 e. The molecule has 0 bridgehead atoms. The van der Waals surface area contributed by atoms with Crippen LogP contribution in [0.1, 0.15) is 11.1 Å². The monoisotopic (exact) mass is 309 g/mol. The Morgan fingerprint density at radius 3 is 2.30 bits per heavy atom. The number of benzene rings is 2. The van der Waals surface area contributed by atoms with Crippen LogP contribution in [-0.4, -0.2) is 16.1 Å². The van der Waals surface area contributed by atoms with Gasteiger partial charge >= 0.3 is 0 Å². The molecule has 1 amide bonds. The minimum Gasteiger partial charge on any atom is -0.326 e. The first-order chi connectivity index (χ1) is 11.0. The van der Waals surface area contributed by atoms with Gasteiger partial charge in [0, 0.05) is 5.69 Å². The first kappa shape index (κ1) is 14.8. The lowest BCUT2D eigenvalue weighted by Gasteiger charge is -2.06. The third-order valence-electron chi connectivity index (χ3n) is 3.57. The summed E-state index contributed by atoms with van der Waals surface area (Å²) in [5.41, 5.74) is 1.73. The van der Waals surface area contributed by atoms with Crippen LogP contribution in [0.15, 0.2) is 52.1 Å². The third kappa shape index (κ3) is 3.21. The number of hydrogen-bond acceptors (Lipinski definition) is 3. The zero-order valence-electron chi connectivity index (χ0n) is 12.5. The van der Waals surface area contributed by atoms with E-state index in [4.69, 9.17) is 0 Å². The molecule has 2 aromatic carbocycles. The van der Waals surface area contributed by atoms with Gasteiger partial charge in [0.2, 0.25) is 5.91 Å². The van der Waals surface area contributed by atoms with Gasteiger partial charge in [-0.25, -0.2) is 0 Å². The molecular formula is C17H15N3O3. The summed E-state index contributed by atoms with van der Waals surface area (Å²) in [6, 6.07) is 12.3. The second-order valence-electron chi connectivity index (χ2n) is 5.38. The fourth-order valence-corrected chi connectivity index (χ4v) is 2.35. The van der Waals surface area contributed by atoms with Crippen LogP contribution < -0.4 is 16.4 Å². The molecular weight excluding hydrogens is 294 g/mol. The van der Waals surface area contributed by atoms with E-state index in [-0.39, 0.29) is 28.7 Å². The first-order valence-corrected chi connectivity index (χ1v) is 7.13. The number of anilines is 1. The lowest BCUT2D eigenvalue weighted by atomic mass is 10.1. The van der Waals surface area contributed by atoms with Gasteiger partial charge in [0.1, 0.15) is 0 Å². The first-order valence-electron chi connectivity index (χ1n) is 7.13. The average molecular weight is 309 g/mol. The molecule has 0 saturated carbocycles. The summed E-state index contributed by atoms with van der Waals surface area (Å²) in [6.07, 6.45) is 0.240. The molecule has 6 nitrogen and oxygen atoms in total. The van der Waals surface area contributed by atoms with Crippen molar-refractivity contribution in [1.82, 2.24) is 10.2 Å². The molecule has 0 unspecified atom stereocenters. The molecule has 6 heteroatoms. The second-order valence-corrected chi connectivity index (χ2v) is 5.38. The molecule has 1 heterocycles. The van der Waals surface area contributed by atoms with Crippen molar-refractivity contribution in [2.45, 2.75) is 13.3 Å². The zero-order chi connectivity index (χ0) is 16.4. The Balaban J connectivity index is 1.82. The van der Waals surface area contributed by atoms with Crippen molar-refractivity contribution in [3.05, 3.63) is 74.3 Å². The van der Waals surface area contributed by atoms with Crippen LogP contribution in [-0.2, 0) is 11.2 Å². The number of hydrogen-bond donors (Lipinski definition) is 3. The lowest BCUT2D eigenvalue weighted by Crippen LogP contribution is -2.19. The van der Waals surface area contributed by atoms with E-state index in [2.05, 4.69) is 15.5 Å². The van der Waals surface area contributed by atoms with Gasteiger partial charge in [0.15, 0.2) is 0 Å². The van der Waals surface area contributed by atoms with E-state index in [9.17, 15) is 14.4 Å². The van der Waals surface area contributed by atoms with Crippen molar-refractivity contribution >= 4 is 22.4 Å². The molecule has 0 atom stereocenters. The number of rotatable bonds is 3. The molecule has 1 aromatic heterocycles. The summed E-state index contributed by atoms with van der Waals surface area (Å²) in [7, 11) is 0. The minimum atomic E-state index is -0.408. The van der Waals surface area contributed by atoms with E-state index in [1.165, 1.54) is 12.1 Å². The summed E-state index contributed by atoms with van der Waals surface area (Å²) >= 11 is 0. The van der Waals surface area contributed by atoms with Gasteiger partial charge in [-0.3, -0.25) is 24.6 Å². The van der Waals surface area contributed by atoms with Gasteiger partial charge in [-0.1, -0.05) is 29.8 Å². The number of carbonyl (C=O) groups excluding carboxylic acids is 1. The fraction of sp³-hybridized carbons (Fsp3) is 0.118. The molecule has 3 N–H and O–H groups in total. The van der Waals surface area contributed by atoms with Crippen molar-refractivity contribution in [3.63, 3.8) is 0 Å². The number of carbonyl (C=O) groups is 1. The molecule has 0 aliphatic rings. The number of aromatic nitrogens is 2. The number of aryl methyl sites for hydroxylation is 1. The third-order valence-corrected chi connectivity index (χ3v) is 3.57. The highest BCUT2D eigenvalue weighted by molar-refractivity contribution is 5.95. The van der Waals surface area contributed by atoms with E-state index in [0.717, 1.165) is 11.1 Å². The Morgan fingerprint density at radius 1 is 0.957 bits per heavy atom. The maximum atomic E-state index is 12.1. The van der Waals surface area contributed by atoms with Crippen LogP contribution >= 0.6 is 0 Å². The van der Waals surface area contributed by atoms with Crippen molar-refractivity contribution in [2.24, 2.45) is 0 Å². The van der Waals surface area contributed by atoms with Gasteiger partial charge in [-0.15, -0.1) is 0 Å². The summed E-state index contributed by atoms with van der Waals surface area (Å²) in [6.45, 7) is 1.98. The Bertz CT molecular complexity index is 984. The van der Waals surface area contributed by atoms with Crippen LogP contribution in [0.4, 0.5) is 5.69 Å². The molecule has 3 aromatic rings. The zero-order valence-corrected chi connectivity index (χ0v) is 12.5. The SMILES string of the molecule is Cc1ccc(CC(=O)Nc2ccc3c(=O)[nH][nH]c(=O)c3c2)cc1. The predicted octanol–water partition coefficient (Wildman–Crippen LogP) is 1.71. The van der Waals surface area contributed by atoms with E-state index in [1.54, 1.807) is 6.07 Å². The van der Waals surface area contributed by atoms with Crippen molar-refractivity contribution < 1.29 is 4.79 Å². The summed E-state index contributed by atoms with van der Waals surface area (Å²) in [5, 5.41) is 7.78. The van der Waals surface area contributed by atoms with Gasteiger partial charge in [-0.05, 0) is 30.7 Å². The fourth-order valence-electron chi connectivity index (χ4n) is 2.35. The smallest absolute Gasteiger partial charge is 0.270 e. The van der Waals surface area contributed by atoms with Gasteiger partial charge in [0.25, 0.3) is 11.1 Å². The number of amides is 1. The number of nitrogens with one attached hydrogen (secondary N) is 3. The summed E-state index contributed by atoms with van der Waals surface area (Å²) < 4.78 is 0. The molecule has 0 radical (unpaired) electrons. The van der Waals surface area contributed by atoms with Crippen molar-refractivity contribution in [2.75, 3.05) is 5.32 Å². The molecule has 0 spiro atoms. The van der Waals surface area contributed by atoms with Crippen LogP contribution in [0, 0.1) is 6.92 Å². The standard InChI is InChI=1S/C17H15N3O3/c1-10-2-4-11(5-3-10)8-15(21)18-12-6-7-13-14(9-12)17(23)20-19-16(13)22/h2-7,9H,8H2,1H3,(H,18,21)(H,19,22)(H,20,23). The van der Waals surface area contributed by atoms with Crippen LogP contribution in [0.3, 0.4) is 0 Å². The molecule has 0 saturated heterocycles. The van der Waals surface area contributed by atoms with E-state index in [1.807, 2.05) is 31.2 Å². The lowest BCUT2D eigenvalue weighted by molar-refractivity contribution is -0.115. The van der Waals surface area contributed by atoms with E-state index >= 15 is 0 Å². The Labute approximate surface area is 131 Å². The topological polar surface area (TPSA) is 94.8 Å². The minimum absolute atomic E-state index is 0.186. The highest BCUT2D eigenvalue weighted by atomic mass is 16.2. The number of aromatic amines is 2. The molecule has 0 fully saturated rings. The van der Waals surface area contributed by atoms with E-state index in [0.29, 0.717) is 5.69 Å². The van der Waals surface area contributed by atoms with Crippen LogP contribution in [0.2, 0.25) is 0 Å². The Morgan fingerprint density at radius 2 is 1.61 bits per heavy atom. The van der Waals surface area contributed by atoms with Crippen LogP contribution in [0.25, 0.3) is 10.8 Å². The molecule has 23 heavy (non-hydrogen) atoms. The quantitative estimate of drug-likeness (QED) is 0.687. The van der Waals surface area contributed by atoms with Gasteiger partial charge in [-0.2, -0.15) is 0 Å². The van der Waals surface area contributed by atoms with Crippen molar-refractivity contribution in [1.29, 1.82) is 0 Å². The Kier molecular flexibility index (Phi) is 3.80. The van der Waals surface area contributed by atoms with Crippen LogP contribution in [0.5, 0.6) is 0 Å². The maximum Gasteiger partial charge on any atom is 0.270 e. The Hall–Kier alpha value is -3.15. The number of H-pyrrole nitrogens is 2. The predicted molar refractivity (Wildman–Crippen MR) is 88.7 cm³/mol. The highest BCUT2D eigenvalue weighted by Crippen LogP contribution is 2.14. The average Bonchev–Trinajstić information content (AvgIpc) is 2.53. The normalized spacial score (nSPS) is 10.7. The van der Waals surface area contributed by atoms with Gasteiger partial charge in [0.05, 0.1) is 17.2 Å². The van der Waals surface area contributed by atoms with Crippen molar-refractivity contribution in [3.8, 4) is 0 Å². The molecule has 0 aliphatic carbocycles. The molecule has 116 valence electrons. The van der Waals surface area contributed by atoms with E-state index < -0.39 is 5.56 Å². The molecule has 0 aliphatic heterocycles. The highest BCUT2D eigenvalue weighted by Gasteiger charge is 2.07. The molecule has 3 rings (SSSR count). The maximum absolute atomic E-state index is 12.1. The summed E-state index contributed by atoms with van der Waals surface area (Å²) in [4.78, 5) is 35.5. The van der Waals surface area contributed by atoms with Gasteiger partial charge < -0.3 is 5.32 Å².